The van der Waals surface area contributed by atoms with Crippen LogP contribution in [-0.4, -0.2) is 31.3 Å². The quantitative estimate of drug-likeness (QED) is 0.822. The van der Waals surface area contributed by atoms with Gasteiger partial charge in [-0.05, 0) is 34.2 Å². The molecular weight excluding hydrogens is 285 g/mol. The lowest BCUT2D eigenvalue weighted by Gasteiger charge is -2.04. The Balaban J connectivity index is 2.13. The molecule has 0 amide bonds. The summed E-state index contributed by atoms with van der Waals surface area (Å²) in [5.74, 6) is -1.24. The number of thioether (sulfide) groups is 1. The van der Waals surface area contributed by atoms with Gasteiger partial charge in [0.05, 0.1) is 11.6 Å². The number of aromatic nitrogens is 4. The van der Waals surface area contributed by atoms with Crippen molar-refractivity contribution in [2.45, 2.75) is 17.5 Å². The second kappa shape index (κ2) is 6.12. The summed E-state index contributed by atoms with van der Waals surface area (Å²) in [6.07, 6.45) is 0. The first kappa shape index (κ1) is 14.0. The molecule has 2 aromatic rings. The highest BCUT2D eigenvalue weighted by Crippen LogP contribution is 2.22. The minimum atomic E-state index is -1.07. The smallest absolute Gasteiger partial charge is 0.325 e. The lowest BCUT2D eigenvalue weighted by molar-refractivity contribution is -0.138. The van der Waals surface area contributed by atoms with E-state index in [2.05, 4.69) is 15.5 Å². The first-order chi connectivity index (χ1) is 9.60. The van der Waals surface area contributed by atoms with Crippen molar-refractivity contribution in [2.75, 3.05) is 0 Å². The summed E-state index contributed by atoms with van der Waals surface area (Å²) in [5, 5.41) is 28.5. The van der Waals surface area contributed by atoms with Crippen molar-refractivity contribution in [3.05, 3.63) is 35.1 Å². The predicted molar refractivity (Wildman–Crippen MR) is 66.1 cm³/mol. The SMILES string of the molecule is N#Cc1ccc(F)cc1CSc1nnnn1CC(=O)O. The summed E-state index contributed by atoms with van der Waals surface area (Å²) in [6, 6.07) is 5.83. The highest BCUT2D eigenvalue weighted by Gasteiger charge is 2.12. The fourth-order valence-electron chi connectivity index (χ4n) is 1.46. The van der Waals surface area contributed by atoms with E-state index in [4.69, 9.17) is 10.4 Å². The molecule has 0 atom stereocenters. The Bertz CT molecular complexity index is 682. The lowest BCUT2D eigenvalue weighted by atomic mass is 10.1. The molecule has 0 fully saturated rings. The molecule has 9 heteroatoms. The fourth-order valence-corrected chi connectivity index (χ4v) is 2.33. The van der Waals surface area contributed by atoms with Gasteiger partial charge in [-0.1, -0.05) is 11.8 Å². The average Bonchev–Trinajstić information content (AvgIpc) is 2.83. The molecular formula is C11H8FN5O2S. The van der Waals surface area contributed by atoms with E-state index in [-0.39, 0.29) is 12.3 Å². The maximum Gasteiger partial charge on any atom is 0.325 e. The number of tetrazole rings is 1. The van der Waals surface area contributed by atoms with E-state index in [1.165, 1.54) is 18.2 Å². The van der Waals surface area contributed by atoms with E-state index in [0.29, 0.717) is 16.3 Å². The number of carboxylic acid groups (broad SMARTS) is 1. The van der Waals surface area contributed by atoms with Crippen LogP contribution in [0, 0.1) is 17.1 Å². The maximum absolute atomic E-state index is 13.2. The van der Waals surface area contributed by atoms with E-state index >= 15 is 0 Å². The van der Waals surface area contributed by atoms with Crippen LogP contribution in [0.2, 0.25) is 0 Å². The number of hydrogen-bond acceptors (Lipinski definition) is 6. The van der Waals surface area contributed by atoms with Gasteiger partial charge in [-0.15, -0.1) is 5.10 Å². The van der Waals surface area contributed by atoms with Crippen LogP contribution in [0.25, 0.3) is 0 Å². The third kappa shape index (κ3) is 3.30. The van der Waals surface area contributed by atoms with Gasteiger partial charge in [-0.25, -0.2) is 9.07 Å². The molecule has 0 unspecified atom stereocenters. The van der Waals surface area contributed by atoms with Crippen molar-refractivity contribution in [3.8, 4) is 6.07 Å². The van der Waals surface area contributed by atoms with Gasteiger partial charge in [0.1, 0.15) is 12.4 Å². The summed E-state index contributed by atoms with van der Waals surface area (Å²) in [7, 11) is 0. The van der Waals surface area contributed by atoms with Crippen molar-refractivity contribution in [1.82, 2.24) is 20.2 Å². The van der Waals surface area contributed by atoms with Gasteiger partial charge in [0.25, 0.3) is 0 Å². The molecule has 0 spiro atoms. The van der Waals surface area contributed by atoms with Crippen LogP contribution in [-0.2, 0) is 17.1 Å². The summed E-state index contributed by atoms with van der Waals surface area (Å²) in [6.45, 7) is -0.358. The molecule has 1 heterocycles. The zero-order valence-electron chi connectivity index (χ0n) is 10.0. The second-order valence-electron chi connectivity index (χ2n) is 3.71. The number of halogens is 1. The van der Waals surface area contributed by atoms with E-state index in [1.807, 2.05) is 6.07 Å². The van der Waals surface area contributed by atoms with Crippen molar-refractivity contribution < 1.29 is 14.3 Å². The molecule has 1 N–H and O–H groups in total. The number of rotatable bonds is 5. The summed E-state index contributed by atoms with van der Waals surface area (Å²) < 4.78 is 14.3. The molecule has 0 radical (unpaired) electrons. The Hall–Kier alpha value is -2.47. The fraction of sp³-hybridized carbons (Fsp3) is 0.182. The van der Waals surface area contributed by atoms with Crippen LogP contribution in [0.1, 0.15) is 11.1 Å². The molecule has 102 valence electrons. The maximum atomic E-state index is 13.2. The first-order valence-electron chi connectivity index (χ1n) is 5.39. The van der Waals surface area contributed by atoms with Crippen LogP contribution in [0.5, 0.6) is 0 Å². The van der Waals surface area contributed by atoms with E-state index < -0.39 is 11.8 Å². The van der Waals surface area contributed by atoms with E-state index in [1.54, 1.807) is 0 Å². The first-order valence-corrected chi connectivity index (χ1v) is 6.38. The van der Waals surface area contributed by atoms with Crippen LogP contribution in [0.3, 0.4) is 0 Å². The van der Waals surface area contributed by atoms with E-state index in [0.717, 1.165) is 16.4 Å². The zero-order chi connectivity index (χ0) is 14.5. The molecule has 0 saturated heterocycles. The average molecular weight is 293 g/mol. The van der Waals surface area contributed by atoms with Gasteiger partial charge in [0.2, 0.25) is 5.16 Å². The zero-order valence-corrected chi connectivity index (χ0v) is 10.8. The Morgan fingerprint density at radius 3 is 3.05 bits per heavy atom. The van der Waals surface area contributed by atoms with Gasteiger partial charge >= 0.3 is 5.97 Å². The monoisotopic (exact) mass is 293 g/mol. The van der Waals surface area contributed by atoms with Crippen molar-refractivity contribution in [1.29, 1.82) is 5.26 Å². The molecule has 0 aliphatic heterocycles. The summed E-state index contributed by atoms with van der Waals surface area (Å²) >= 11 is 1.13. The Labute approximate surface area is 117 Å². The van der Waals surface area contributed by atoms with Crippen LogP contribution in [0.15, 0.2) is 23.4 Å². The molecule has 0 aliphatic carbocycles. The topological polar surface area (TPSA) is 105 Å². The molecule has 0 aliphatic rings. The molecule has 1 aromatic heterocycles. The minimum Gasteiger partial charge on any atom is -0.480 e. The summed E-state index contributed by atoms with van der Waals surface area (Å²) in [5.41, 5.74) is 0.860. The number of aliphatic carboxylic acids is 1. The minimum absolute atomic E-state index is 0.265. The Morgan fingerprint density at radius 1 is 1.55 bits per heavy atom. The predicted octanol–water partition coefficient (Wildman–Crippen LogP) is 1.06. The molecule has 7 nitrogen and oxygen atoms in total. The Kier molecular flexibility index (Phi) is 4.27. The number of carboxylic acids is 1. The molecule has 1 aromatic carbocycles. The number of hydrogen-bond donors (Lipinski definition) is 1. The van der Waals surface area contributed by atoms with Crippen molar-refractivity contribution in [2.24, 2.45) is 0 Å². The standard InChI is InChI=1S/C11H8FN5O2S/c12-9-2-1-7(4-13)8(3-9)6-20-11-14-15-16-17(11)5-10(18)19/h1-3H,5-6H2,(H,18,19). The van der Waals surface area contributed by atoms with Gasteiger partial charge in [0.15, 0.2) is 0 Å². The number of nitrogens with zero attached hydrogens (tertiary/aromatic N) is 5. The lowest BCUT2D eigenvalue weighted by Crippen LogP contribution is -2.11. The largest absolute Gasteiger partial charge is 0.480 e. The number of nitriles is 1. The van der Waals surface area contributed by atoms with E-state index in [9.17, 15) is 9.18 Å². The third-order valence-electron chi connectivity index (χ3n) is 2.33. The highest BCUT2D eigenvalue weighted by atomic mass is 32.2. The summed E-state index contributed by atoms with van der Waals surface area (Å²) in [4.78, 5) is 10.6. The van der Waals surface area contributed by atoms with Gasteiger partial charge in [0, 0.05) is 5.75 Å². The number of carbonyl (C=O) groups is 1. The second-order valence-corrected chi connectivity index (χ2v) is 4.66. The Morgan fingerprint density at radius 2 is 2.35 bits per heavy atom. The number of benzene rings is 1. The third-order valence-corrected chi connectivity index (χ3v) is 3.33. The normalized spacial score (nSPS) is 10.2. The highest BCUT2D eigenvalue weighted by molar-refractivity contribution is 7.98. The molecule has 0 bridgehead atoms. The van der Waals surface area contributed by atoms with Crippen LogP contribution in [0.4, 0.5) is 4.39 Å². The van der Waals surface area contributed by atoms with Crippen molar-refractivity contribution >= 4 is 17.7 Å². The van der Waals surface area contributed by atoms with Gasteiger partial charge in [-0.3, -0.25) is 4.79 Å². The molecule has 20 heavy (non-hydrogen) atoms. The van der Waals surface area contributed by atoms with Gasteiger partial charge < -0.3 is 5.11 Å². The van der Waals surface area contributed by atoms with Crippen LogP contribution < -0.4 is 0 Å². The van der Waals surface area contributed by atoms with Gasteiger partial charge in [-0.2, -0.15) is 5.26 Å². The molecule has 2 rings (SSSR count). The van der Waals surface area contributed by atoms with Crippen molar-refractivity contribution in [3.63, 3.8) is 0 Å². The molecule has 0 saturated carbocycles. The van der Waals surface area contributed by atoms with Crippen LogP contribution >= 0.6 is 11.8 Å².